The van der Waals surface area contributed by atoms with E-state index in [2.05, 4.69) is 10.3 Å². The van der Waals surface area contributed by atoms with E-state index in [4.69, 9.17) is 14.2 Å². The number of amides is 1. The first-order valence-electron chi connectivity index (χ1n) is 10.6. The largest absolute Gasteiger partial charge is 0.486 e. The number of esters is 2. The highest BCUT2D eigenvalue weighted by Crippen LogP contribution is 2.21. The van der Waals surface area contributed by atoms with Gasteiger partial charge in [0.15, 0.2) is 11.4 Å². The number of hydrogen-bond donors (Lipinski definition) is 1. The number of rotatable bonds is 10. The van der Waals surface area contributed by atoms with Crippen LogP contribution in [-0.2, 0) is 14.3 Å². The maximum absolute atomic E-state index is 13.5. The Bertz CT molecular complexity index is 981. The first-order chi connectivity index (χ1) is 15.6. The molecule has 0 unspecified atom stereocenters. The molecular formula is C24H29FN2O6. The third-order valence-electron chi connectivity index (χ3n) is 4.55. The minimum absolute atomic E-state index is 0.0167. The summed E-state index contributed by atoms with van der Waals surface area (Å²) in [4.78, 5) is 40.4. The van der Waals surface area contributed by atoms with Gasteiger partial charge in [-0.05, 0) is 50.5 Å². The van der Waals surface area contributed by atoms with Gasteiger partial charge in [-0.1, -0.05) is 19.9 Å². The van der Waals surface area contributed by atoms with Gasteiger partial charge in [0.2, 0.25) is 0 Å². The third-order valence-corrected chi connectivity index (χ3v) is 4.55. The molecule has 1 aromatic carbocycles. The van der Waals surface area contributed by atoms with E-state index in [1.807, 2.05) is 13.8 Å². The average Bonchev–Trinajstić information content (AvgIpc) is 2.72. The van der Waals surface area contributed by atoms with Gasteiger partial charge in [0.05, 0.1) is 0 Å². The van der Waals surface area contributed by atoms with Crippen molar-refractivity contribution in [3.63, 3.8) is 0 Å². The highest BCUT2D eigenvalue weighted by atomic mass is 19.1. The number of halogens is 1. The fraction of sp³-hybridized carbons (Fsp3) is 0.417. The van der Waals surface area contributed by atoms with Gasteiger partial charge < -0.3 is 19.5 Å². The Morgan fingerprint density at radius 3 is 2.45 bits per heavy atom. The van der Waals surface area contributed by atoms with Crippen molar-refractivity contribution in [3.8, 4) is 11.5 Å². The van der Waals surface area contributed by atoms with E-state index in [1.165, 1.54) is 50.4 Å². The molecule has 0 aliphatic carbocycles. The van der Waals surface area contributed by atoms with Crippen molar-refractivity contribution in [2.75, 3.05) is 0 Å². The molecular weight excluding hydrogens is 431 g/mol. The molecule has 2 aromatic rings. The van der Waals surface area contributed by atoms with Crippen molar-refractivity contribution in [3.05, 3.63) is 54.1 Å². The summed E-state index contributed by atoms with van der Waals surface area (Å²) < 4.78 is 29.9. The molecule has 3 atom stereocenters. The van der Waals surface area contributed by atoms with Gasteiger partial charge in [-0.2, -0.15) is 0 Å². The topological polar surface area (TPSA) is 104 Å². The molecule has 9 heteroatoms. The van der Waals surface area contributed by atoms with Crippen molar-refractivity contribution in [2.24, 2.45) is 5.92 Å². The predicted octanol–water partition coefficient (Wildman–Crippen LogP) is 3.69. The number of carbonyl (C=O) groups is 3. The van der Waals surface area contributed by atoms with E-state index in [0.717, 1.165) is 0 Å². The van der Waals surface area contributed by atoms with E-state index < -0.39 is 41.9 Å². The molecule has 33 heavy (non-hydrogen) atoms. The van der Waals surface area contributed by atoms with Crippen LogP contribution in [0.25, 0.3) is 0 Å². The van der Waals surface area contributed by atoms with Crippen molar-refractivity contribution in [1.82, 2.24) is 10.3 Å². The summed E-state index contributed by atoms with van der Waals surface area (Å²) in [5.74, 6) is -1.87. The van der Waals surface area contributed by atoms with Crippen LogP contribution < -0.4 is 14.8 Å². The number of nitrogens with zero attached hydrogens (tertiary/aromatic N) is 1. The molecule has 0 bridgehead atoms. The maximum atomic E-state index is 13.5. The van der Waals surface area contributed by atoms with Crippen LogP contribution in [0, 0.1) is 11.7 Å². The summed E-state index contributed by atoms with van der Waals surface area (Å²) >= 11 is 0. The van der Waals surface area contributed by atoms with Crippen LogP contribution in [0.4, 0.5) is 4.39 Å². The molecule has 8 nitrogen and oxygen atoms in total. The maximum Gasteiger partial charge on any atom is 0.328 e. The number of aromatic nitrogens is 1. The van der Waals surface area contributed by atoms with Crippen molar-refractivity contribution in [1.29, 1.82) is 0 Å². The van der Waals surface area contributed by atoms with E-state index in [9.17, 15) is 18.8 Å². The summed E-state index contributed by atoms with van der Waals surface area (Å²) in [7, 11) is 0. The Morgan fingerprint density at radius 1 is 1.09 bits per heavy atom. The molecule has 2 rings (SSSR count). The summed E-state index contributed by atoms with van der Waals surface area (Å²) in [6.45, 7) is 8.33. The highest BCUT2D eigenvalue weighted by molar-refractivity contribution is 5.97. The van der Waals surface area contributed by atoms with Crippen molar-refractivity contribution >= 4 is 17.8 Å². The number of carbonyl (C=O) groups excluding carboxylic acids is 3. The molecule has 1 aromatic heterocycles. The Kier molecular flexibility index (Phi) is 9.32. The highest BCUT2D eigenvalue weighted by Gasteiger charge is 2.28. The lowest BCUT2D eigenvalue weighted by Gasteiger charge is -2.27. The lowest BCUT2D eigenvalue weighted by atomic mass is 10.0. The number of hydrogen-bond acceptors (Lipinski definition) is 7. The van der Waals surface area contributed by atoms with Gasteiger partial charge in [0.25, 0.3) is 5.91 Å². The minimum Gasteiger partial charge on any atom is -0.486 e. The first kappa shape index (κ1) is 25.8. The van der Waals surface area contributed by atoms with Gasteiger partial charge in [-0.25, -0.2) is 14.2 Å². The smallest absolute Gasteiger partial charge is 0.328 e. The zero-order valence-electron chi connectivity index (χ0n) is 19.3. The third kappa shape index (κ3) is 8.17. The molecule has 0 spiro atoms. The van der Waals surface area contributed by atoms with E-state index in [-0.39, 0.29) is 17.4 Å². The monoisotopic (exact) mass is 460 g/mol. The van der Waals surface area contributed by atoms with Crippen molar-refractivity contribution in [2.45, 2.75) is 59.3 Å². The quantitative estimate of drug-likeness (QED) is 0.539. The Labute approximate surface area is 192 Å². The van der Waals surface area contributed by atoms with E-state index in [1.54, 1.807) is 13.0 Å². The standard InChI is InChI=1S/C24H29FN2O6/c1-14(2)12-21(33-19-9-6-8-18(25)13-19)16(4)31-24(30)15(3)27-23(29)22-20(32-17(5)28)10-7-11-26-22/h6-11,13-16,21H,12H2,1-5H3,(H,27,29)/t15-,16-,21+/m0/s1. The zero-order chi connectivity index (χ0) is 24.5. The van der Waals surface area contributed by atoms with E-state index >= 15 is 0 Å². The van der Waals surface area contributed by atoms with Gasteiger partial charge >= 0.3 is 11.9 Å². The normalized spacial score (nSPS) is 13.5. The summed E-state index contributed by atoms with van der Waals surface area (Å²) in [5.41, 5.74) is -0.132. The molecule has 0 saturated carbocycles. The Hall–Kier alpha value is -3.49. The van der Waals surface area contributed by atoms with Crippen LogP contribution in [0.2, 0.25) is 0 Å². The lowest BCUT2D eigenvalue weighted by molar-refractivity contribution is -0.155. The molecule has 0 saturated heterocycles. The van der Waals surface area contributed by atoms with Crippen LogP contribution in [0.3, 0.4) is 0 Å². The van der Waals surface area contributed by atoms with Crippen molar-refractivity contribution < 1.29 is 33.0 Å². The zero-order valence-corrected chi connectivity index (χ0v) is 19.3. The molecule has 1 heterocycles. The molecule has 0 aliphatic rings. The lowest BCUT2D eigenvalue weighted by Crippen LogP contribution is -2.43. The molecule has 1 N–H and O–H groups in total. The molecule has 1 amide bonds. The summed E-state index contributed by atoms with van der Waals surface area (Å²) in [6.07, 6.45) is 0.734. The summed E-state index contributed by atoms with van der Waals surface area (Å²) in [6, 6.07) is 7.66. The van der Waals surface area contributed by atoms with E-state index in [0.29, 0.717) is 12.2 Å². The first-order valence-corrected chi connectivity index (χ1v) is 10.6. The fourth-order valence-electron chi connectivity index (χ4n) is 3.00. The molecule has 0 fully saturated rings. The predicted molar refractivity (Wildman–Crippen MR) is 118 cm³/mol. The number of pyridine rings is 1. The van der Waals surface area contributed by atoms with Crippen LogP contribution in [0.1, 0.15) is 51.5 Å². The van der Waals surface area contributed by atoms with Crippen LogP contribution in [-0.4, -0.2) is 41.1 Å². The van der Waals surface area contributed by atoms with Gasteiger partial charge in [-0.3, -0.25) is 9.59 Å². The second-order valence-electron chi connectivity index (χ2n) is 8.02. The van der Waals surface area contributed by atoms with Gasteiger partial charge in [-0.15, -0.1) is 0 Å². The Morgan fingerprint density at radius 2 is 1.82 bits per heavy atom. The Balaban J connectivity index is 2.04. The number of nitrogens with one attached hydrogen (secondary N) is 1. The average molecular weight is 461 g/mol. The number of benzene rings is 1. The second kappa shape index (κ2) is 11.9. The molecule has 0 radical (unpaired) electrons. The van der Waals surface area contributed by atoms with Gasteiger partial charge in [0.1, 0.15) is 29.8 Å². The fourth-order valence-corrected chi connectivity index (χ4v) is 3.00. The minimum atomic E-state index is -1.01. The van der Waals surface area contributed by atoms with Crippen LogP contribution >= 0.6 is 0 Å². The van der Waals surface area contributed by atoms with Crippen LogP contribution in [0.15, 0.2) is 42.6 Å². The second-order valence-corrected chi connectivity index (χ2v) is 8.02. The molecule has 178 valence electrons. The SMILES string of the molecule is CC(=O)Oc1cccnc1C(=O)N[C@@H](C)C(=O)O[C@@H](C)[C@@H](CC(C)C)Oc1cccc(F)c1. The van der Waals surface area contributed by atoms with Crippen LogP contribution in [0.5, 0.6) is 11.5 Å². The van der Waals surface area contributed by atoms with Gasteiger partial charge in [0, 0.05) is 19.2 Å². The summed E-state index contributed by atoms with van der Waals surface area (Å²) in [5, 5.41) is 2.49. The molecule has 0 aliphatic heterocycles. The number of ether oxygens (including phenoxy) is 3.